The van der Waals surface area contributed by atoms with E-state index in [1.54, 1.807) is 20.8 Å². The first-order chi connectivity index (χ1) is 13.0. The smallest absolute Gasteiger partial charge is 0.425 e. The first-order valence-corrected chi connectivity index (χ1v) is 8.35. The number of nitrogens with one attached hydrogen (secondary N) is 2. The molecule has 4 N–H and O–H groups in total. The lowest BCUT2D eigenvalue weighted by Gasteiger charge is -2.36. The molecule has 11 heteroatoms. The highest BCUT2D eigenvalue weighted by Crippen LogP contribution is 2.43. The van der Waals surface area contributed by atoms with E-state index in [1.807, 2.05) is 5.43 Å². The molecule has 5 amide bonds. The maximum absolute atomic E-state index is 13.9. The van der Waals surface area contributed by atoms with Crippen LogP contribution in [-0.2, 0) is 19.9 Å². The normalized spacial score (nSPS) is 23.8. The monoisotopic (exact) mass is 394 g/mol. The van der Waals surface area contributed by atoms with Gasteiger partial charge in [0.2, 0.25) is 0 Å². The van der Waals surface area contributed by atoms with Crippen LogP contribution in [0.15, 0.2) is 18.2 Å². The Hall–Kier alpha value is -3.21. The maximum Gasteiger partial charge on any atom is 0.425 e. The Kier molecular flexibility index (Phi) is 4.50. The van der Waals surface area contributed by atoms with Crippen molar-refractivity contribution < 1.29 is 33.0 Å². The van der Waals surface area contributed by atoms with E-state index < -0.39 is 53.4 Å². The van der Waals surface area contributed by atoms with Gasteiger partial charge in [-0.05, 0) is 39.0 Å². The topological polar surface area (TPSA) is 140 Å². The van der Waals surface area contributed by atoms with Crippen molar-refractivity contribution in [3.05, 3.63) is 29.6 Å². The number of carbonyl (C=O) groups is 4. The van der Waals surface area contributed by atoms with Gasteiger partial charge >= 0.3 is 12.1 Å². The Morgan fingerprint density at radius 3 is 2.68 bits per heavy atom. The van der Waals surface area contributed by atoms with Crippen molar-refractivity contribution in [3.63, 3.8) is 0 Å². The molecule has 0 bridgehead atoms. The molecule has 3 rings (SSSR count). The molecule has 0 saturated carbocycles. The minimum atomic E-state index is -1.89. The standard InChI is InChI=1S/C17H19FN4O6/c1-16(2,3)28-15(26)22-13(24)17(20-14(22)25)7-11(12(23)21-19)27-10-5-4-8(18)6-9(10)17/h4-6,11H,7,19H2,1-3H3,(H,20,25)(H,21,23). The van der Waals surface area contributed by atoms with Crippen LogP contribution in [0.25, 0.3) is 0 Å². The van der Waals surface area contributed by atoms with Gasteiger partial charge in [-0.15, -0.1) is 0 Å². The summed E-state index contributed by atoms with van der Waals surface area (Å²) in [5, 5.41) is 2.40. The van der Waals surface area contributed by atoms with Crippen LogP contribution in [0.1, 0.15) is 32.8 Å². The lowest BCUT2D eigenvalue weighted by atomic mass is 9.81. The van der Waals surface area contributed by atoms with Crippen LogP contribution >= 0.6 is 0 Å². The van der Waals surface area contributed by atoms with Crippen molar-refractivity contribution in [2.75, 3.05) is 0 Å². The Bertz CT molecular complexity index is 883. The second kappa shape index (κ2) is 6.44. The van der Waals surface area contributed by atoms with Gasteiger partial charge in [-0.1, -0.05) is 0 Å². The molecule has 2 heterocycles. The molecule has 1 aromatic carbocycles. The summed E-state index contributed by atoms with van der Waals surface area (Å²) in [4.78, 5) is 50.3. The van der Waals surface area contributed by atoms with Gasteiger partial charge in [-0.25, -0.2) is 19.8 Å². The van der Waals surface area contributed by atoms with Gasteiger partial charge in [0.05, 0.1) is 0 Å². The summed E-state index contributed by atoms with van der Waals surface area (Å²) in [5.41, 5.74) is -0.960. The van der Waals surface area contributed by atoms with Gasteiger partial charge in [0.25, 0.3) is 11.8 Å². The van der Waals surface area contributed by atoms with Crippen LogP contribution < -0.4 is 21.3 Å². The highest BCUT2D eigenvalue weighted by Gasteiger charge is 2.60. The quantitative estimate of drug-likeness (QED) is 0.275. The third-order valence-corrected chi connectivity index (χ3v) is 4.26. The first-order valence-electron chi connectivity index (χ1n) is 8.35. The number of fused-ring (bicyclic) bond motifs is 2. The minimum Gasteiger partial charge on any atom is -0.480 e. The molecule has 10 nitrogen and oxygen atoms in total. The van der Waals surface area contributed by atoms with E-state index >= 15 is 0 Å². The minimum absolute atomic E-state index is 0.000869. The number of hydrogen-bond acceptors (Lipinski definition) is 7. The summed E-state index contributed by atoms with van der Waals surface area (Å²) < 4.78 is 24.5. The molecular weight excluding hydrogens is 375 g/mol. The zero-order valence-electron chi connectivity index (χ0n) is 15.4. The molecule has 28 heavy (non-hydrogen) atoms. The average molecular weight is 394 g/mol. The van der Waals surface area contributed by atoms with Crippen LogP contribution in [0, 0.1) is 5.82 Å². The van der Waals surface area contributed by atoms with Crippen LogP contribution in [0.2, 0.25) is 0 Å². The third-order valence-electron chi connectivity index (χ3n) is 4.26. The molecular formula is C17H19FN4O6. The first kappa shape index (κ1) is 19.5. The molecule has 2 unspecified atom stereocenters. The molecule has 1 fully saturated rings. The fraction of sp³-hybridized carbons (Fsp3) is 0.412. The molecule has 2 aliphatic rings. The molecule has 2 aliphatic heterocycles. The third kappa shape index (κ3) is 3.13. The number of benzene rings is 1. The van der Waals surface area contributed by atoms with Crippen molar-refractivity contribution in [2.24, 2.45) is 5.84 Å². The van der Waals surface area contributed by atoms with Gasteiger partial charge in [-0.3, -0.25) is 15.0 Å². The zero-order valence-corrected chi connectivity index (χ0v) is 15.4. The summed E-state index contributed by atoms with van der Waals surface area (Å²) in [6, 6.07) is 2.24. The lowest BCUT2D eigenvalue weighted by Crippen LogP contribution is -2.55. The molecule has 2 atom stereocenters. The largest absolute Gasteiger partial charge is 0.480 e. The number of nitrogens with two attached hydrogens (primary N) is 1. The van der Waals surface area contributed by atoms with E-state index in [4.69, 9.17) is 15.3 Å². The molecule has 0 aliphatic carbocycles. The molecule has 1 aromatic rings. The molecule has 1 spiro atoms. The van der Waals surface area contributed by atoms with E-state index in [1.165, 1.54) is 6.07 Å². The van der Waals surface area contributed by atoms with Crippen molar-refractivity contribution in [1.82, 2.24) is 15.6 Å². The van der Waals surface area contributed by atoms with E-state index in [0.717, 1.165) is 12.1 Å². The van der Waals surface area contributed by atoms with Gasteiger partial charge in [0.15, 0.2) is 11.6 Å². The molecule has 1 saturated heterocycles. The maximum atomic E-state index is 13.9. The van der Waals surface area contributed by atoms with Gasteiger partial charge in [0.1, 0.15) is 17.2 Å². The highest BCUT2D eigenvalue weighted by atomic mass is 19.1. The lowest BCUT2D eigenvalue weighted by molar-refractivity contribution is -0.136. The van der Waals surface area contributed by atoms with E-state index in [2.05, 4.69) is 5.32 Å². The van der Waals surface area contributed by atoms with Gasteiger partial charge in [0, 0.05) is 12.0 Å². The fourth-order valence-corrected chi connectivity index (χ4v) is 3.13. The summed E-state index contributed by atoms with van der Waals surface area (Å²) in [6.07, 6.45) is -2.84. The number of rotatable bonds is 1. The van der Waals surface area contributed by atoms with Gasteiger partial charge < -0.3 is 14.8 Å². The predicted octanol–water partition coefficient (Wildman–Crippen LogP) is 0.649. The van der Waals surface area contributed by atoms with Crippen molar-refractivity contribution in [3.8, 4) is 5.75 Å². The summed E-state index contributed by atoms with van der Waals surface area (Å²) in [6.45, 7) is 4.71. The number of nitrogens with zero attached hydrogens (tertiary/aromatic N) is 1. The zero-order chi connectivity index (χ0) is 20.9. The number of urea groups is 1. The summed E-state index contributed by atoms with van der Waals surface area (Å²) >= 11 is 0. The Morgan fingerprint density at radius 2 is 2.07 bits per heavy atom. The van der Waals surface area contributed by atoms with E-state index in [0.29, 0.717) is 4.90 Å². The van der Waals surface area contributed by atoms with Crippen LogP contribution in [0.3, 0.4) is 0 Å². The molecule has 0 radical (unpaired) electrons. The number of imide groups is 3. The van der Waals surface area contributed by atoms with Crippen LogP contribution in [-0.4, -0.2) is 40.5 Å². The number of carbonyl (C=O) groups excluding carboxylic acids is 4. The van der Waals surface area contributed by atoms with Gasteiger partial charge in [-0.2, -0.15) is 4.90 Å². The Balaban J connectivity index is 2.07. The van der Waals surface area contributed by atoms with Crippen molar-refractivity contribution >= 4 is 23.9 Å². The number of hydrazine groups is 1. The van der Waals surface area contributed by atoms with E-state index in [9.17, 15) is 23.6 Å². The van der Waals surface area contributed by atoms with Crippen LogP contribution in [0.5, 0.6) is 5.75 Å². The second-order valence-corrected chi connectivity index (χ2v) is 7.42. The molecule has 0 aromatic heterocycles. The molecule has 150 valence electrons. The summed E-state index contributed by atoms with van der Waals surface area (Å²) in [7, 11) is 0. The Labute approximate surface area is 159 Å². The number of hydrogen-bond donors (Lipinski definition) is 3. The highest BCUT2D eigenvalue weighted by molar-refractivity contribution is 6.17. The number of amides is 5. The SMILES string of the molecule is CC(C)(C)OC(=O)N1C(=O)NC2(CC(C(=O)NN)Oc3ccc(F)cc32)C1=O. The van der Waals surface area contributed by atoms with Crippen LogP contribution in [0.4, 0.5) is 14.0 Å². The number of halogens is 1. The average Bonchev–Trinajstić information content (AvgIpc) is 2.83. The summed E-state index contributed by atoms with van der Waals surface area (Å²) in [5.74, 6) is 2.69. The van der Waals surface area contributed by atoms with Crippen molar-refractivity contribution in [2.45, 2.75) is 44.4 Å². The number of ether oxygens (including phenoxy) is 2. The Morgan fingerprint density at radius 1 is 1.39 bits per heavy atom. The predicted molar refractivity (Wildman–Crippen MR) is 91.1 cm³/mol. The fourth-order valence-electron chi connectivity index (χ4n) is 3.13. The van der Waals surface area contributed by atoms with E-state index in [-0.39, 0.29) is 11.3 Å². The second-order valence-electron chi connectivity index (χ2n) is 7.42. The van der Waals surface area contributed by atoms with Crippen molar-refractivity contribution in [1.29, 1.82) is 0 Å².